The van der Waals surface area contributed by atoms with E-state index in [0.717, 1.165) is 12.2 Å². The van der Waals surface area contributed by atoms with Crippen LogP contribution in [0.25, 0.3) is 0 Å². The van der Waals surface area contributed by atoms with Crippen LogP contribution in [0.15, 0.2) is 47.1 Å². The first-order chi connectivity index (χ1) is 10.2. The van der Waals surface area contributed by atoms with E-state index in [1.165, 1.54) is 5.56 Å². The van der Waals surface area contributed by atoms with Crippen molar-refractivity contribution in [3.05, 3.63) is 54.0 Å². The fourth-order valence-electron chi connectivity index (χ4n) is 1.93. The maximum absolute atomic E-state index is 11.7. The van der Waals surface area contributed by atoms with Crippen molar-refractivity contribution < 1.29 is 13.9 Å². The summed E-state index contributed by atoms with van der Waals surface area (Å²) in [6.07, 6.45) is 2.69. The van der Waals surface area contributed by atoms with Crippen LogP contribution >= 0.6 is 0 Å². The Morgan fingerprint density at radius 1 is 1.29 bits per heavy atom. The summed E-state index contributed by atoms with van der Waals surface area (Å²) < 4.78 is 10.6. The summed E-state index contributed by atoms with van der Waals surface area (Å²) in [6, 6.07) is 11.5. The van der Waals surface area contributed by atoms with Crippen LogP contribution in [0.4, 0.5) is 0 Å². The molecule has 0 spiro atoms. The minimum Gasteiger partial charge on any atom is -0.484 e. The highest BCUT2D eigenvalue weighted by Gasteiger charge is 2.05. The van der Waals surface area contributed by atoms with Crippen molar-refractivity contribution in [1.29, 1.82) is 0 Å². The second-order valence-corrected chi connectivity index (χ2v) is 5.02. The number of carbonyl (C=O) groups is 1. The van der Waals surface area contributed by atoms with E-state index >= 15 is 0 Å². The second kappa shape index (κ2) is 7.53. The van der Waals surface area contributed by atoms with Crippen LogP contribution in [-0.4, -0.2) is 12.5 Å². The lowest BCUT2D eigenvalue weighted by Gasteiger charge is -2.10. The number of amides is 1. The highest BCUT2D eigenvalue weighted by Crippen LogP contribution is 2.21. The smallest absolute Gasteiger partial charge is 0.258 e. The molecule has 1 atom stereocenters. The van der Waals surface area contributed by atoms with Crippen molar-refractivity contribution >= 4 is 5.91 Å². The zero-order valence-corrected chi connectivity index (χ0v) is 12.5. The Morgan fingerprint density at radius 2 is 2.05 bits per heavy atom. The quantitative estimate of drug-likeness (QED) is 0.848. The number of benzene rings is 1. The molecule has 21 heavy (non-hydrogen) atoms. The predicted molar refractivity (Wildman–Crippen MR) is 81.2 cm³/mol. The van der Waals surface area contributed by atoms with E-state index in [4.69, 9.17) is 9.15 Å². The summed E-state index contributed by atoms with van der Waals surface area (Å²) in [5, 5.41) is 2.74. The largest absolute Gasteiger partial charge is 0.484 e. The van der Waals surface area contributed by atoms with Crippen molar-refractivity contribution in [2.75, 3.05) is 6.61 Å². The maximum Gasteiger partial charge on any atom is 0.258 e. The molecule has 4 heteroatoms. The highest BCUT2D eigenvalue weighted by molar-refractivity contribution is 5.77. The Hall–Kier alpha value is -2.23. The molecule has 0 aliphatic rings. The van der Waals surface area contributed by atoms with Gasteiger partial charge in [0.2, 0.25) is 0 Å². The number of ether oxygens (including phenoxy) is 1. The third-order valence-corrected chi connectivity index (χ3v) is 3.47. The van der Waals surface area contributed by atoms with Crippen LogP contribution in [0.3, 0.4) is 0 Å². The van der Waals surface area contributed by atoms with E-state index in [9.17, 15) is 4.79 Å². The first-order valence-electron chi connectivity index (χ1n) is 7.21. The molecule has 1 amide bonds. The van der Waals surface area contributed by atoms with Crippen LogP contribution in [0.1, 0.15) is 37.5 Å². The Morgan fingerprint density at radius 3 is 2.67 bits per heavy atom. The van der Waals surface area contributed by atoms with Gasteiger partial charge in [0, 0.05) is 0 Å². The topological polar surface area (TPSA) is 51.5 Å². The average molecular weight is 287 g/mol. The van der Waals surface area contributed by atoms with E-state index < -0.39 is 0 Å². The van der Waals surface area contributed by atoms with Crippen LogP contribution in [0.2, 0.25) is 0 Å². The van der Waals surface area contributed by atoms with Crippen molar-refractivity contribution in [3.8, 4) is 5.75 Å². The van der Waals surface area contributed by atoms with E-state index in [0.29, 0.717) is 18.2 Å². The van der Waals surface area contributed by atoms with Gasteiger partial charge in [-0.25, -0.2) is 0 Å². The molecule has 1 heterocycles. The summed E-state index contributed by atoms with van der Waals surface area (Å²) in [5.74, 6) is 1.80. The number of hydrogen-bond donors (Lipinski definition) is 1. The average Bonchev–Trinajstić information content (AvgIpc) is 3.04. The summed E-state index contributed by atoms with van der Waals surface area (Å²) >= 11 is 0. The van der Waals surface area contributed by atoms with Crippen LogP contribution in [0, 0.1) is 0 Å². The molecule has 0 bridgehead atoms. The minimum absolute atomic E-state index is 0.00336. The number of hydrogen-bond acceptors (Lipinski definition) is 3. The maximum atomic E-state index is 11.7. The van der Waals surface area contributed by atoms with Gasteiger partial charge in [-0.15, -0.1) is 0 Å². The fraction of sp³-hybridized carbons (Fsp3) is 0.353. The Labute approximate surface area is 125 Å². The van der Waals surface area contributed by atoms with Crippen molar-refractivity contribution in [2.45, 2.75) is 32.7 Å². The molecule has 2 aromatic rings. The van der Waals surface area contributed by atoms with Crippen LogP contribution in [-0.2, 0) is 11.3 Å². The molecule has 0 saturated carbocycles. The summed E-state index contributed by atoms with van der Waals surface area (Å²) in [4.78, 5) is 11.7. The Balaban J connectivity index is 1.75. The standard InChI is InChI=1S/C17H21NO3/c1-3-13(2)14-6-8-15(9-7-14)21-12-17(19)18-11-16-5-4-10-20-16/h4-10,13H,3,11-12H2,1-2H3,(H,18,19)/t13-/m0/s1. The molecule has 2 rings (SSSR count). The molecular weight excluding hydrogens is 266 g/mol. The van der Waals surface area contributed by atoms with E-state index in [1.807, 2.05) is 30.3 Å². The van der Waals surface area contributed by atoms with Gasteiger partial charge in [-0.05, 0) is 42.2 Å². The number of rotatable bonds is 7. The number of carbonyl (C=O) groups excluding carboxylic acids is 1. The molecule has 0 unspecified atom stereocenters. The van der Waals surface area contributed by atoms with Gasteiger partial charge in [0.05, 0.1) is 12.8 Å². The molecule has 0 aliphatic heterocycles. The molecule has 112 valence electrons. The minimum atomic E-state index is -0.169. The van der Waals surface area contributed by atoms with Gasteiger partial charge in [-0.1, -0.05) is 26.0 Å². The van der Waals surface area contributed by atoms with Gasteiger partial charge in [0.1, 0.15) is 11.5 Å². The molecular formula is C17H21NO3. The van der Waals surface area contributed by atoms with Gasteiger partial charge in [-0.3, -0.25) is 4.79 Å². The van der Waals surface area contributed by atoms with Crippen molar-refractivity contribution in [2.24, 2.45) is 0 Å². The fourth-order valence-corrected chi connectivity index (χ4v) is 1.93. The van der Waals surface area contributed by atoms with Gasteiger partial charge >= 0.3 is 0 Å². The van der Waals surface area contributed by atoms with Gasteiger partial charge in [0.25, 0.3) is 5.91 Å². The zero-order valence-electron chi connectivity index (χ0n) is 12.5. The molecule has 1 aromatic heterocycles. The lowest BCUT2D eigenvalue weighted by atomic mass is 9.99. The zero-order chi connectivity index (χ0) is 15.1. The van der Waals surface area contributed by atoms with E-state index in [2.05, 4.69) is 19.2 Å². The van der Waals surface area contributed by atoms with Crippen LogP contribution < -0.4 is 10.1 Å². The Kier molecular flexibility index (Phi) is 5.43. The lowest BCUT2D eigenvalue weighted by Crippen LogP contribution is -2.28. The van der Waals surface area contributed by atoms with Crippen LogP contribution in [0.5, 0.6) is 5.75 Å². The summed E-state index contributed by atoms with van der Waals surface area (Å²) in [5.41, 5.74) is 1.28. The van der Waals surface area contributed by atoms with Crippen molar-refractivity contribution in [3.63, 3.8) is 0 Å². The van der Waals surface area contributed by atoms with Gasteiger partial charge in [-0.2, -0.15) is 0 Å². The number of furan rings is 1. The third-order valence-electron chi connectivity index (χ3n) is 3.47. The van der Waals surface area contributed by atoms with Crippen molar-refractivity contribution in [1.82, 2.24) is 5.32 Å². The molecule has 1 aromatic carbocycles. The SMILES string of the molecule is CC[C@H](C)c1ccc(OCC(=O)NCc2ccco2)cc1. The predicted octanol–water partition coefficient (Wildman–Crippen LogP) is 3.49. The lowest BCUT2D eigenvalue weighted by molar-refractivity contribution is -0.123. The molecule has 0 radical (unpaired) electrons. The molecule has 0 fully saturated rings. The molecule has 4 nitrogen and oxygen atoms in total. The normalized spacial score (nSPS) is 11.9. The third kappa shape index (κ3) is 4.67. The monoisotopic (exact) mass is 287 g/mol. The Bertz CT molecular complexity index is 546. The first-order valence-corrected chi connectivity index (χ1v) is 7.21. The molecule has 1 N–H and O–H groups in total. The van der Waals surface area contributed by atoms with E-state index in [1.54, 1.807) is 12.3 Å². The molecule has 0 saturated heterocycles. The molecule has 0 aliphatic carbocycles. The number of nitrogens with one attached hydrogen (secondary N) is 1. The summed E-state index contributed by atoms with van der Waals surface area (Å²) in [6.45, 7) is 4.74. The second-order valence-electron chi connectivity index (χ2n) is 5.02. The van der Waals surface area contributed by atoms with Gasteiger partial charge in [0.15, 0.2) is 6.61 Å². The summed E-state index contributed by atoms with van der Waals surface area (Å²) in [7, 11) is 0. The van der Waals surface area contributed by atoms with Gasteiger partial charge < -0.3 is 14.5 Å². The first kappa shape index (κ1) is 15.2. The highest BCUT2D eigenvalue weighted by atomic mass is 16.5. The van der Waals surface area contributed by atoms with E-state index in [-0.39, 0.29) is 12.5 Å².